The average molecular weight is 428 g/mol. The highest BCUT2D eigenvalue weighted by Crippen LogP contribution is 2.20. The van der Waals surface area contributed by atoms with Gasteiger partial charge in [0.2, 0.25) is 0 Å². The maximum absolute atomic E-state index is 4.74. The summed E-state index contributed by atoms with van der Waals surface area (Å²) in [5.41, 5.74) is 7.92. The molecule has 0 N–H and O–H groups in total. The number of hydrogen-bond acceptors (Lipinski definition) is 1. The largest absolute Gasteiger partial charge is 0.256 e. The Morgan fingerprint density at radius 1 is 0.469 bits per heavy atom. The molecule has 0 aliphatic rings. The smallest absolute Gasteiger partial charge is 0.0702 e. The molecule has 0 aliphatic heterocycles. The Balaban J connectivity index is 1.45. The Morgan fingerprint density at radius 2 is 0.938 bits per heavy atom. The molecule has 0 saturated carbocycles. The molecule has 170 valence electrons. The van der Waals surface area contributed by atoms with Crippen LogP contribution in [0.1, 0.15) is 87.5 Å². The van der Waals surface area contributed by atoms with E-state index < -0.39 is 0 Å². The molecule has 0 fully saturated rings. The number of aryl methyl sites for hydroxylation is 4. The lowest BCUT2D eigenvalue weighted by molar-refractivity contribution is 0.667. The molecule has 0 atom stereocenters. The van der Waals surface area contributed by atoms with Gasteiger partial charge in [0.1, 0.15) is 0 Å². The number of nitrogens with zero attached hydrogens (tertiary/aromatic N) is 1. The van der Waals surface area contributed by atoms with Gasteiger partial charge in [-0.3, -0.25) is 4.98 Å². The minimum atomic E-state index is 1.04. The van der Waals surface area contributed by atoms with Crippen molar-refractivity contribution in [1.29, 1.82) is 0 Å². The van der Waals surface area contributed by atoms with Gasteiger partial charge < -0.3 is 0 Å². The zero-order valence-corrected chi connectivity index (χ0v) is 20.3. The number of benzene rings is 2. The Morgan fingerprint density at radius 3 is 1.44 bits per heavy atom. The van der Waals surface area contributed by atoms with Crippen molar-refractivity contribution in [3.8, 4) is 11.3 Å². The van der Waals surface area contributed by atoms with Gasteiger partial charge in [-0.05, 0) is 66.8 Å². The Kier molecular flexibility index (Phi) is 10.5. The molecule has 0 aliphatic carbocycles. The monoisotopic (exact) mass is 427 g/mol. The van der Waals surface area contributed by atoms with E-state index in [9.17, 15) is 0 Å². The van der Waals surface area contributed by atoms with Crippen LogP contribution in [0.25, 0.3) is 11.3 Å². The fourth-order valence-corrected chi connectivity index (χ4v) is 4.26. The van der Waals surface area contributed by atoms with Gasteiger partial charge in [0.25, 0.3) is 0 Å². The van der Waals surface area contributed by atoms with Gasteiger partial charge in [0.05, 0.1) is 5.69 Å². The SMILES string of the molecule is CCCCCCc1ccc(CCc2ccc(-c3ccc(CCCCCC)cc3)nc2)cc1. The predicted octanol–water partition coefficient (Wildman–Crippen LogP) is 8.78. The first-order valence-corrected chi connectivity index (χ1v) is 12.9. The summed E-state index contributed by atoms with van der Waals surface area (Å²) in [4.78, 5) is 4.74. The molecular formula is C31H41N. The van der Waals surface area contributed by atoms with E-state index in [4.69, 9.17) is 4.98 Å². The summed E-state index contributed by atoms with van der Waals surface area (Å²) < 4.78 is 0. The number of pyridine rings is 1. The summed E-state index contributed by atoms with van der Waals surface area (Å²) in [5.74, 6) is 0. The van der Waals surface area contributed by atoms with Gasteiger partial charge in [-0.1, -0.05) is 107 Å². The first kappa shape index (κ1) is 24.2. The lowest BCUT2D eigenvalue weighted by Gasteiger charge is -2.07. The van der Waals surface area contributed by atoms with Crippen LogP contribution >= 0.6 is 0 Å². The third-order valence-electron chi connectivity index (χ3n) is 6.44. The molecule has 3 rings (SSSR count). The van der Waals surface area contributed by atoms with Crippen molar-refractivity contribution >= 4 is 0 Å². The van der Waals surface area contributed by atoms with Crippen LogP contribution in [-0.2, 0) is 25.7 Å². The molecular weight excluding hydrogens is 386 g/mol. The van der Waals surface area contributed by atoms with Crippen molar-refractivity contribution in [2.24, 2.45) is 0 Å². The predicted molar refractivity (Wildman–Crippen MR) is 139 cm³/mol. The highest BCUT2D eigenvalue weighted by Gasteiger charge is 2.02. The molecule has 0 amide bonds. The number of unbranched alkanes of at least 4 members (excludes halogenated alkanes) is 6. The van der Waals surface area contributed by atoms with Crippen LogP contribution in [0.15, 0.2) is 66.9 Å². The lowest BCUT2D eigenvalue weighted by atomic mass is 10.0. The fraction of sp³-hybridized carbons (Fsp3) is 0.452. The Hall–Kier alpha value is -2.41. The maximum atomic E-state index is 4.74. The third-order valence-corrected chi connectivity index (χ3v) is 6.44. The van der Waals surface area contributed by atoms with Gasteiger partial charge >= 0.3 is 0 Å². The van der Waals surface area contributed by atoms with Crippen LogP contribution in [0.2, 0.25) is 0 Å². The number of hydrogen-bond donors (Lipinski definition) is 0. The molecule has 1 heteroatoms. The highest BCUT2D eigenvalue weighted by molar-refractivity contribution is 5.59. The van der Waals surface area contributed by atoms with Crippen LogP contribution < -0.4 is 0 Å². The Labute approximate surface area is 196 Å². The van der Waals surface area contributed by atoms with E-state index in [1.54, 1.807) is 0 Å². The molecule has 0 radical (unpaired) electrons. The van der Waals surface area contributed by atoms with Gasteiger partial charge in [-0.25, -0.2) is 0 Å². The molecule has 0 saturated heterocycles. The van der Waals surface area contributed by atoms with Crippen molar-refractivity contribution in [2.75, 3.05) is 0 Å². The molecule has 0 spiro atoms. The van der Waals surface area contributed by atoms with Crippen molar-refractivity contribution in [3.63, 3.8) is 0 Å². The quantitative estimate of drug-likeness (QED) is 0.234. The lowest BCUT2D eigenvalue weighted by Crippen LogP contribution is -1.94. The minimum Gasteiger partial charge on any atom is -0.256 e. The van der Waals surface area contributed by atoms with E-state index >= 15 is 0 Å². The zero-order valence-electron chi connectivity index (χ0n) is 20.3. The summed E-state index contributed by atoms with van der Waals surface area (Å²) in [6, 6.07) is 22.6. The van der Waals surface area contributed by atoms with Gasteiger partial charge in [-0.15, -0.1) is 0 Å². The summed E-state index contributed by atoms with van der Waals surface area (Å²) in [7, 11) is 0. The molecule has 0 bridgehead atoms. The second-order valence-corrected chi connectivity index (χ2v) is 9.19. The fourth-order valence-electron chi connectivity index (χ4n) is 4.26. The van der Waals surface area contributed by atoms with E-state index in [0.29, 0.717) is 0 Å². The van der Waals surface area contributed by atoms with Crippen molar-refractivity contribution < 1.29 is 0 Å². The van der Waals surface area contributed by atoms with E-state index in [0.717, 1.165) is 18.5 Å². The Bertz CT molecular complexity index is 875. The van der Waals surface area contributed by atoms with E-state index in [2.05, 4.69) is 80.7 Å². The summed E-state index contributed by atoms with van der Waals surface area (Å²) >= 11 is 0. The molecule has 2 aromatic carbocycles. The van der Waals surface area contributed by atoms with Crippen LogP contribution in [0, 0.1) is 0 Å². The second kappa shape index (κ2) is 13.9. The van der Waals surface area contributed by atoms with Crippen molar-refractivity contribution in [1.82, 2.24) is 4.98 Å². The van der Waals surface area contributed by atoms with Crippen LogP contribution in [0.4, 0.5) is 0 Å². The summed E-state index contributed by atoms with van der Waals surface area (Å²) in [6.07, 6.45) is 17.2. The first-order valence-electron chi connectivity index (χ1n) is 12.9. The normalized spacial score (nSPS) is 11.1. The highest BCUT2D eigenvalue weighted by atomic mass is 14.7. The first-order chi connectivity index (χ1) is 15.8. The van der Waals surface area contributed by atoms with E-state index in [1.807, 2.05) is 0 Å². The number of rotatable bonds is 14. The van der Waals surface area contributed by atoms with Crippen molar-refractivity contribution in [3.05, 3.63) is 89.1 Å². The van der Waals surface area contributed by atoms with Crippen LogP contribution in [-0.4, -0.2) is 4.98 Å². The standard InChI is InChI=1S/C31H41N/c1-3-5-7-9-11-26-13-15-28(16-14-26)17-18-29-21-24-31(32-25-29)30-22-19-27(20-23-30)12-10-8-6-4-2/h13-16,19-25H,3-12,17-18H2,1-2H3. The van der Waals surface area contributed by atoms with Gasteiger partial charge in [-0.2, -0.15) is 0 Å². The van der Waals surface area contributed by atoms with E-state index in [1.165, 1.54) is 92.0 Å². The summed E-state index contributed by atoms with van der Waals surface area (Å²) in [6.45, 7) is 4.53. The summed E-state index contributed by atoms with van der Waals surface area (Å²) in [5, 5.41) is 0. The molecule has 0 unspecified atom stereocenters. The molecule has 1 aromatic heterocycles. The van der Waals surface area contributed by atoms with Crippen LogP contribution in [0.5, 0.6) is 0 Å². The molecule has 3 aromatic rings. The zero-order chi connectivity index (χ0) is 22.4. The van der Waals surface area contributed by atoms with Gasteiger partial charge in [0.15, 0.2) is 0 Å². The topological polar surface area (TPSA) is 12.9 Å². The number of aromatic nitrogens is 1. The second-order valence-electron chi connectivity index (χ2n) is 9.19. The van der Waals surface area contributed by atoms with Gasteiger partial charge in [0, 0.05) is 11.8 Å². The van der Waals surface area contributed by atoms with Crippen LogP contribution in [0.3, 0.4) is 0 Å². The average Bonchev–Trinajstić information content (AvgIpc) is 2.85. The molecule has 1 heterocycles. The minimum absolute atomic E-state index is 1.04. The molecule has 1 nitrogen and oxygen atoms in total. The van der Waals surface area contributed by atoms with Crippen molar-refractivity contribution in [2.45, 2.75) is 90.9 Å². The van der Waals surface area contributed by atoms with E-state index in [-0.39, 0.29) is 0 Å². The third kappa shape index (κ3) is 8.26. The maximum Gasteiger partial charge on any atom is 0.0702 e. The molecule has 32 heavy (non-hydrogen) atoms.